The molecule has 0 amide bonds. The zero-order valence-electron chi connectivity index (χ0n) is 10.4. The summed E-state index contributed by atoms with van der Waals surface area (Å²) in [5, 5.41) is 0. The fourth-order valence-corrected chi connectivity index (χ4v) is 1.73. The minimum absolute atomic E-state index is 0.0134. The average molecular weight is 315 g/mol. The summed E-state index contributed by atoms with van der Waals surface area (Å²) >= 11 is 4.70. The van der Waals surface area contributed by atoms with Gasteiger partial charge in [-0.1, -0.05) is 18.3 Å². The van der Waals surface area contributed by atoms with E-state index in [1.54, 1.807) is 0 Å². The number of hydrogen-bond acceptors (Lipinski definition) is 2. The Bertz CT molecular complexity index is 685. The number of nitrogens with two attached hydrogens (primary N) is 1. The second-order valence-corrected chi connectivity index (χ2v) is 4.58. The predicted molar refractivity (Wildman–Crippen MR) is 73.8 cm³/mol. The lowest BCUT2D eigenvalue weighted by molar-refractivity contribution is -0.137. The number of thiocarbonyl (C=S) groups is 1. The fraction of sp³-hybridized carbons (Fsp3) is 0.0714. The summed E-state index contributed by atoms with van der Waals surface area (Å²) in [6, 6.07) is 7.92. The number of rotatable bonds is 3. The summed E-state index contributed by atoms with van der Waals surface area (Å²) in [4.78, 5) is 0.0134. The number of hydrogen-bond donors (Lipinski definition) is 1. The highest BCUT2D eigenvalue weighted by Crippen LogP contribution is 2.33. The first kappa shape index (κ1) is 15.2. The van der Waals surface area contributed by atoms with Crippen LogP contribution in [0.25, 0.3) is 0 Å². The second-order valence-electron chi connectivity index (χ2n) is 4.14. The Balaban J connectivity index is 2.28. The van der Waals surface area contributed by atoms with Gasteiger partial charge in [0.15, 0.2) is 11.6 Å². The monoisotopic (exact) mass is 315 g/mol. The van der Waals surface area contributed by atoms with E-state index in [0.29, 0.717) is 5.56 Å². The highest BCUT2D eigenvalue weighted by molar-refractivity contribution is 7.80. The molecular weight excluding hydrogens is 306 g/mol. The lowest BCUT2D eigenvalue weighted by atomic mass is 10.2. The lowest BCUT2D eigenvalue weighted by Gasteiger charge is -2.11. The number of benzene rings is 2. The average Bonchev–Trinajstić information content (AvgIpc) is 2.40. The van der Waals surface area contributed by atoms with Crippen molar-refractivity contribution >= 4 is 17.2 Å². The van der Waals surface area contributed by atoms with Crippen LogP contribution in [0.1, 0.15) is 11.1 Å². The molecule has 0 aliphatic rings. The molecule has 0 aliphatic carbocycles. The van der Waals surface area contributed by atoms with E-state index in [0.717, 1.165) is 18.2 Å². The molecule has 2 aromatic rings. The van der Waals surface area contributed by atoms with Gasteiger partial charge in [-0.25, -0.2) is 4.39 Å². The van der Waals surface area contributed by atoms with Crippen molar-refractivity contribution in [1.29, 1.82) is 0 Å². The maximum atomic E-state index is 13.8. The standard InChI is InChI=1S/C14H9F4NOS/c15-11-6-8(13(19)21)4-5-12(11)20-10-3-1-2-9(7-10)14(16,17)18/h1-7H,(H2,19,21). The minimum atomic E-state index is -4.49. The second kappa shape index (κ2) is 5.69. The van der Waals surface area contributed by atoms with Crippen molar-refractivity contribution in [1.82, 2.24) is 0 Å². The summed E-state index contributed by atoms with van der Waals surface area (Å²) in [7, 11) is 0. The van der Waals surface area contributed by atoms with Gasteiger partial charge in [0.05, 0.1) is 5.56 Å². The molecule has 0 heterocycles. The smallest absolute Gasteiger partial charge is 0.416 e. The third-order valence-electron chi connectivity index (χ3n) is 2.61. The van der Waals surface area contributed by atoms with Crippen LogP contribution in [0.5, 0.6) is 11.5 Å². The Labute approximate surface area is 123 Å². The van der Waals surface area contributed by atoms with Crippen LogP contribution in [0, 0.1) is 5.82 Å². The lowest BCUT2D eigenvalue weighted by Crippen LogP contribution is -2.09. The largest absolute Gasteiger partial charge is 0.454 e. The Hall–Kier alpha value is -2.15. The first-order chi connectivity index (χ1) is 9.77. The molecule has 7 heteroatoms. The van der Waals surface area contributed by atoms with Gasteiger partial charge in [0.1, 0.15) is 10.7 Å². The van der Waals surface area contributed by atoms with Crippen LogP contribution in [0.4, 0.5) is 17.6 Å². The Morgan fingerprint density at radius 1 is 1.10 bits per heavy atom. The maximum absolute atomic E-state index is 13.8. The topological polar surface area (TPSA) is 35.2 Å². The molecule has 0 radical (unpaired) electrons. The third kappa shape index (κ3) is 3.69. The Kier molecular flexibility index (Phi) is 4.13. The van der Waals surface area contributed by atoms with Crippen molar-refractivity contribution in [2.24, 2.45) is 5.73 Å². The minimum Gasteiger partial charge on any atom is -0.454 e. The van der Waals surface area contributed by atoms with Gasteiger partial charge >= 0.3 is 6.18 Å². The Morgan fingerprint density at radius 2 is 1.81 bits per heavy atom. The molecule has 0 saturated heterocycles. The molecule has 2 rings (SSSR count). The normalized spacial score (nSPS) is 11.2. The molecule has 0 unspecified atom stereocenters. The molecule has 0 fully saturated rings. The van der Waals surface area contributed by atoms with Gasteiger partial charge in [0, 0.05) is 5.56 Å². The van der Waals surface area contributed by atoms with Gasteiger partial charge < -0.3 is 10.5 Å². The summed E-state index contributed by atoms with van der Waals surface area (Å²) in [5.74, 6) is -1.10. The van der Waals surface area contributed by atoms with Crippen LogP contribution in [-0.4, -0.2) is 4.99 Å². The van der Waals surface area contributed by atoms with E-state index in [9.17, 15) is 17.6 Å². The van der Waals surface area contributed by atoms with E-state index in [-0.39, 0.29) is 16.5 Å². The van der Waals surface area contributed by atoms with Gasteiger partial charge in [-0.3, -0.25) is 0 Å². The van der Waals surface area contributed by atoms with E-state index >= 15 is 0 Å². The van der Waals surface area contributed by atoms with Gasteiger partial charge in [-0.15, -0.1) is 0 Å². The zero-order valence-corrected chi connectivity index (χ0v) is 11.3. The van der Waals surface area contributed by atoms with Crippen LogP contribution < -0.4 is 10.5 Å². The molecule has 21 heavy (non-hydrogen) atoms. The van der Waals surface area contributed by atoms with Crippen molar-refractivity contribution in [3.63, 3.8) is 0 Å². The van der Waals surface area contributed by atoms with Gasteiger partial charge in [-0.05, 0) is 36.4 Å². The predicted octanol–water partition coefficient (Wildman–Crippen LogP) is 4.27. The first-order valence-corrected chi connectivity index (χ1v) is 6.12. The first-order valence-electron chi connectivity index (χ1n) is 5.72. The quantitative estimate of drug-likeness (QED) is 0.678. The van der Waals surface area contributed by atoms with Crippen molar-refractivity contribution in [3.8, 4) is 11.5 Å². The van der Waals surface area contributed by atoms with Gasteiger partial charge in [0.25, 0.3) is 0 Å². The molecule has 0 aliphatic heterocycles. The van der Waals surface area contributed by atoms with Gasteiger partial charge in [0.2, 0.25) is 0 Å². The van der Waals surface area contributed by atoms with E-state index < -0.39 is 17.6 Å². The van der Waals surface area contributed by atoms with Crippen molar-refractivity contribution in [2.75, 3.05) is 0 Å². The van der Waals surface area contributed by atoms with E-state index in [1.807, 2.05) is 0 Å². The highest BCUT2D eigenvalue weighted by Gasteiger charge is 2.30. The molecular formula is C14H9F4NOS. The summed E-state index contributed by atoms with van der Waals surface area (Å²) in [6.45, 7) is 0. The van der Waals surface area contributed by atoms with Crippen LogP contribution >= 0.6 is 12.2 Å². The molecule has 0 atom stereocenters. The summed E-state index contributed by atoms with van der Waals surface area (Å²) in [6.07, 6.45) is -4.49. The summed E-state index contributed by atoms with van der Waals surface area (Å²) < 4.78 is 56.6. The number of ether oxygens (including phenoxy) is 1. The fourth-order valence-electron chi connectivity index (χ4n) is 1.60. The number of alkyl halides is 3. The summed E-state index contributed by atoms with van der Waals surface area (Å²) in [5.41, 5.74) is 4.78. The van der Waals surface area contributed by atoms with E-state index in [2.05, 4.69) is 0 Å². The molecule has 2 nitrogen and oxygen atoms in total. The van der Waals surface area contributed by atoms with Crippen LogP contribution in [-0.2, 0) is 6.18 Å². The third-order valence-corrected chi connectivity index (χ3v) is 2.84. The molecule has 2 N–H and O–H groups in total. The highest BCUT2D eigenvalue weighted by atomic mass is 32.1. The molecule has 0 saturated carbocycles. The zero-order chi connectivity index (χ0) is 15.6. The number of halogens is 4. The molecule has 0 bridgehead atoms. The van der Waals surface area contributed by atoms with Crippen molar-refractivity contribution in [2.45, 2.75) is 6.18 Å². The molecule has 2 aromatic carbocycles. The van der Waals surface area contributed by atoms with Gasteiger partial charge in [-0.2, -0.15) is 13.2 Å². The van der Waals surface area contributed by atoms with E-state index in [1.165, 1.54) is 24.3 Å². The van der Waals surface area contributed by atoms with Crippen LogP contribution in [0.3, 0.4) is 0 Å². The van der Waals surface area contributed by atoms with Crippen molar-refractivity contribution < 1.29 is 22.3 Å². The molecule has 0 aromatic heterocycles. The van der Waals surface area contributed by atoms with Crippen LogP contribution in [0.15, 0.2) is 42.5 Å². The molecule has 0 spiro atoms. The maximum Gasteiger partial charge on any atom is 0.416 e. The van der Waals surface area contributed by atoms with Crippen molar-refractivity contribution in [3.05, 3.63) is 59.4 Å². The molecule has 110 valence electrons. The Morgan fingerprint density at radius 3 is 2.38 bits per heavy atom. The SMILES string of the molecule is NC(=S)c1ccc(Oc2cccc(C(F)(F)F)c2)c(F)c1. The van der Waals surface area contributed by atoms with Crippen LogP contribution in [0.2, 0.25) is 0 Å². The van der Waals surface area contributed by atoms with E-state index in [4.69, 9.17) is 22.7 Å².